The van der Waals surface area contributed by atoms with Gasteiger partial charge < -0.3 is 9.72 Å². The molecule has 106 valence electrons. The molecule has 1 amide bonds. The molecule has 3 aromatic heterocycles. The maximum Gasteiger partial charge on any atom is 0.274 e. The van der Waals surface area contributed by atoms with Crippen LogP contribution < -0.4 is 5.32 Å². The Morgan fingerprint density at radius 3 is 2.76 bits per heavy atom. The third-order valence-corrected chi connectivity index (χ3v) is 4.48. The van der Waals surface area contributed by atoms with E-state index in [1.165, 1.54) is 0 Å². The normalized spacial score (nSPS) is 16.0. The van der Waals surface area contributed by atoms with E-state index in [1.807, 2.05) is 5.38 Å². The molecule has 6 nitrogen and oxygen atoms in total. The van der Waals surface area contributed by atoms with E-state index in [9.17, 15) is 4.79 Å². The number of fused-ring (bicyclic) bond motifs is 1. The molecule has 4 rings (SSSR count). The molecule has 3 heterocycles. The Kier molecular flexibility index (Phi) is 2.92. The van der Waals surface area contributed by atoms with E-state index >= 15 is 0 Å². The first-order valence-corrected chi connectivity index (χ1v) is 7.69. The average Bonchev–Trinajstić information content (AvgIpc) is 3.01. The lowest BCUT2D eigenvalue weighted by molar-refractivity contribution is 0.0928. The molecule has 1 aliphatic rings. The van der Waals surface area contributed by atoms with Crippen LogP contribution in [-0.2, 0) is 0 Å². The molecule has 0 aromatic carbocycles. The van der Waals surface area contributed by atoms with Gasteiger partial charge in [-0.15, -0.1) is 11.3 Å². The largest absolute Gasteiger partial charge is 0.341 e. The summed E-state index contributed by atoms with van der Waals surface area (Å²) in [4.78, 5) is 25.3. The molecule has 3 aromatic rings. The molecule has 1 N–H and O–H groups in total. The zero-order valence-electron chi connectivity index (χ0n) is 11.1. The number of carbonyl (C=O) groups is 1. The lowest BCUT2D eigenvalue weighted by Gasteiger charge is -2.15. The summed E-state index contributed by atoms with van der Waals surface area (Å²) in [6.07, 6.45) is 10.9. The summed E-state index contributed by atoms with van der Waals surface area (Å²) >= 11 is 1.57. The van der Waals surface area contributed by atoms with E-state index < -0.39 is 0 Å². The van der Waals surface area contributed by atoms with Gasteiger partial charge in [0.15, 0.2) is 11.3 Å². The second kappa shape index (κ2) is 4.92. The Balaban J connectivity index is 1.64. The third-order valence-electron chi connectivity index (χ3n) is 3.62. The molecule has 0 saturated heterocycles. The van der Waals surface area contributed by atoms with Crippen LogP contribution in [0.3, 0.4) is 0 Å². The number of rotatable bonds is 4. The highest BCUT2D eigenvalue weighted by Gasteiger charge is 2.35. The first kappa shape index (κ1) is 12.5. The number of imidazole rings is 1. The lowest BCUT2D eigenvalue weighted by Crippen LogP contribution is -2.30. The summed E-state index contributed by atoms with van der Waals surface area (Å²) in [5.41, 5.74) is 0.924. The predicted molar refractivity (Wildman–Crippen MR) is 78.0 cm³/mol. The van der Waals surface area contributed by atoms with Gasteiger partial charge in [-0.1, -0.05) is 0 Å². The summed E-state index contributed by atoms with van der Waals surface area (Å²) in [5.74, 6) is 0.290. The number of nitrogens with zero attached hydrogens (tertiary/aromatic N) is 4. The highest BCUT2D eigenvalue weighted by molar-refractivity contribution is 7.09. The predicted octanol–water partition coefficient (Wildman–Crippen LogP) is 2.07. The van der Waals surface area contributed by atoms with Crippen molar-refractivity contribution in [2.75, 3.05) is 0 Å². The molecule has 1 saturated carbocycles. The van der Waals surface area contributed by atoms with Crippen molar-refractivity contribution in [1.82, 2.24) is 24.7 Å². The second-order valence-electron chi connectivity index (χ2n) is 5.09. The summed E-state index contributed by atoms with van der Waals surface area (Å²) in [5, 5.41) is 5.97. The number of hydrogen-bond donors (Lipinski definition) is 1. The van der Waals surface area contributed by atoms with Crippen LogP contribution in [0.5, 0.6) is 0 Å². The summed E-state index contributed by atoms with van der Waals surface area (Å²) in [6, 6.07) is -0.0190. The van der Waals surface area contributed by atoms with E-state index in [1.54, 1.807) is 46.7 Å². The minimum absolute atomic E-state index is 0.0190. The summed E-state index contributed by atoms with van der Waals surface area (Å²) in [6.45, 7) is 0. The second-order valence-corrected chi connectivity index (χ2v) is 6.02. The quantitative estimate of drug-likeness (QED) is 0.800. The van der Waals surface area contributed by atoms with Crippen LogP contribution in [0.1, 0.15) is 34.4 Å². The van der Waals surface area contributed by atoms with Crippen molar-refractivity contribution in [3.8, 4) is 0 Å². The fraction of sp³-hybridized carbons (Fsp3) is 0.286. The molecule has 0 spiro atoms. The molecule has 0 radical (unpaired) electrons. The molecule has 1 fully saturated rings. The lowest BCUT2D eigenvalue weighted by atomic mass is 10.2. The van der Waals surface area contributed by atoms with Crippen LogP contribution in [0.25, 0.3) is 5.65 Å². The van der Waals surface area contributed by atoms with Crippen molar-refractivity contribution in [3.63, 3.8) is 0 Å². The van der Waals surface area contributed by atoms with Gasteiger partial charge >= 0.3 is 0 Å². The Hall–Kier alpha value is -2.28. The Morgan fingerprint density at radius 2 is 2.05 bits per heavy atom. The van der Waals surface area contributed by atoms with E-state index in [2.05, 4.69) is 20.3 Å². The number of carbonyl (C=O) groups excluding carboxylic acids is 1. The highest BCUT2D eigenvalue weighted by atomic mass is 32.1. The van der Waals surface area contributed by atoms with E-state index in [0.29, 0.717) is 17.3 Å². The number of amides is 1. The number of hydrogen-bond acceptors (Lipinski definition) is 5. The van der Waals surface area contributed by atoms with Gasteiger partial charge in [0.1, 0.15) is 5.01 Å². The molecule has 1 atom stereocenters. The van der Waals surface area contributed by atoms with Crippen LogP contribution in [0.4, 0.5) is 0 Å². The Bertz CT molecular complexity index is 778. The maximum atomic E-state index is 12.5. The average molecular weight is 299 g/mol. The van der Waals surface area contributed by atoms with Gasteiger partial charge in [0.2, 0.25) is 0 Å². The Morgan fingerprint density at radius 1 is 1.24 bits per heavy atom. The van der Waals surface area contributed by atoms with Gasteiger partial charge in [-0.25, -0.2) is 15.0 Å². The number of thiazole rings is 1. The standard InChI is InChI=1S/C14H13N5OS/c20-13(11-12-16-4-7-19(12)6-3-15-11)18-10(9-1-2-9)14-17-5-8-21-14/h3-10H,1-2H2,(H,18,20)/t10-/m1/s1. The third kappa shape index (κ3) is 2.29. The minimum Gasteiger partial charge on any atom is -0.341 e. The molecule has 0 unspecified atom stereocenters. The molecule has 0 aliphatic heterocycles. The van der Waals surface area contributed by atoms with Crippen molar-refractivity contribution in [1.29, 1.82) is 0 Å². The maximum absolute atomic E-state index is 12.5. The van der Waals surface area contributed by atoms with E-state index in [4.69, 9.17) is 0 Å². The van der Waals surface area contributed by atoms with Crippen LogP contribution in [0.2, 0.25) is 0 Å². The SMILES string of the molecule is O=C(N[C@@H](c1nccs1)C1CC1)c1nccn2ccnc12. The van der Waals surface area contributed by atoms with Gasteiger partial charge in [0.25, 0.3) is 5.91 Å². The van der Waals surface area contributed by atoms with Gasteiger partial charge in [0, 0.05) is 36.4 Å². The summed E-state index contributed by atoms with van der Waals surface area (Å²) < 4.78 is 1.79. The molecular weight excluding hydrogens is 286 g/mol. The molecule has 7 heteroatoms. The van der Waals surface area contributed by atoms with Crippen LogP contribution in [0.15, 0.2) is 36.4 Å². The Labute approximate surface area is 124 Å². The number of aromatic nitrogens is 4. The van der Waals surface area contributed by atoms with Gasteiger partial charge in [0.05, 0.1) is 6.04 Å². The molecule has 0 bridgehead atoms. The van der Waals surface area contributed by atoms with E-state index in [-0.39, 0.29) is 11.9 Å². The topological polar surface area (TPSA) is 72.2 Å². The van der Waals surface area contributed by atoms with Crippen LogP contribution in [0, 0.1) is 5.92 Å². The fourth-order valence-corrected chi connectivity index (χ4v) is 3.20. The van der Waals surface area contributed by atoms with Crippen molar-refractivity contribution in [2.24, 2.45) is 5.92 Å². The van der Waals surface area contributed by atoms with Crippen molar-refractivity contribution >= 4 is 22.9 Å². The van der Waals surface area contributed by atoms with Crippen molar-refractivity contribution in [3.05, 3.63) is 47.1 Å². The van der Waals surface area contributed by atoms with Crippen molar-refractivity contribution < 1.29 is 4.79 Å². The van der Waals surface area contributed by atoms with Crippen molar-refractivity contribution in [2.45, 2.75) is 18.9 Å². The molecule has 1 aliphatic carbocycles. The van der Waals surface area contributed by atoms with E-state index in [0.717, 1.165) is 17.8 Å². The first-order chi connectivity index (χ1) is 10.3. The monoisotopic (exact) mass is 299 g/mol. The smallest absolute Gasteiger partial charge is 0.274 e. The highest BCUT2D eigenvalue weighted by Crippen LogP contribution is 2.41. The molecular formula is C14H13N5OS. The fourth-order valence-electron chi connectivity index (χ4n) is 2.42. The molecule has 21 heavy (non-hydrogen) atoms. The zero-order valence-corrected chi connectivity index (χ0v) is 12.0. The number of nitrogens with one attached hydrogen (secondary N) is 1. The zero-order chi connectivity index (χ0) is 14.2. The van der Waals surface area contributed by atoms with Gasteiger partial charge in [-0.2, -0.15) is 0 Å². The van der Waals surface area contributed by atoms with Gasteiger partial charge in [-0.3, -0.25) is 4.79 Å². The van der Waals surface area contributed by atoms with Gasteiger partial charge in [-0.05, 0) is 18.8 Å². The first-order valence-electron chi connectivity index (χ1n) is 6.81. The van der Waals surface area contributed by atoms with Crippen LogP contribution in [-0.4, -0.2) is 25.3 Å². The van der Waals surface area contributed by atoms with Crippen LogP contribution >= 0.6 is 11.3 Å². The summed E-state index contributed by atoms with van der Waals surface area (Å²) in [7, 11) is 0. The minimum atomic E-state index is -0.195.